The molecular formula is C20H12ClN3O5S. The molecule has 0 unspecified atom stereocenters. The predicted molar refractivity (Wildman–Crippen MR) is 111 cm³/mol. The number of hydrogen-bond acceptors (Lipinski definition) is 7. The van der Waals surface area contributed by atoms with Crippen LogP contribution in [0.15, 0.2) is 65.7 Å². The Hall–Kier alpha value is -3.56. The first-order chi connectivity index (χ1) is 14.4. The normalized spacial score (nSPS) is 18.0. The molecule has 3 aromatic rings. The number of hydrogen-bond donors (Lipinski definition) is 1. The van der Waals surface area contributed by atoms with Crippen LogP contribution in [0.4, 0.5) is 10.8 Å². The number of nitrogens with zero attached hydrogens (tertiary/aromatic N) is 3. The van der Waals surface area contributed by atoms with Gasteiger partial charge < -0.3 is 5.11 Å². The zero-order chi connectivity index (χ0) is 21.4. The number of carbonyl (C=O) groups is 2. The van der Waals surface area contributed by atoms with E-state index in [2.05, 4.69) is 4.98 Å². The quantitative estimate of drug-likeness (QED) is 0.212. The summed E-state index contributed by atoms with van der Waals surface area (Å²) in [5, 5.41) is 24.5. The van der Waals surface area contributed by atoms with Gasteiger partial charge in [-0.1, -0.05) is 23.7 Å². The third kappa shape index (κ3) is 3.34. The zero-order valence-corrected chi connectivity index (χ0v) is 16.6. The highest BCUT2D eigenvalue weighted by Crippen LogP contribution is 2.43. The van der Waals surface area contributed by atoms with Crippen molar-refractivity contribution in [2.75, 3.05) is 4.90 Å². The van der Waals surface area contributed by atoms with Crippen LogP contribution < -0.4 is 4.90 Å². The average molecular weight is 442 g/mol. The number of nitro benzene ring substituents is 1. The predicted octanol–water partition coefficient (Wildman–Crippen LogP) is 4.33. The van der Waals surface area contributed by atoms with Crippen LogP contribution in [-0.4, -0.2) is 26.7 Å². The number of carbonyl (C=O) groups excluding carboxylic acids is 2. The summed E-state index contributed by atoms with van der Waals surface area (Å²) in [6.07, 6.45) is 1.48. The van der Waals surface area contributed by atoms with Crippen LogP contribution in [0.3, 0.4) is 0 Å². The first-order valence-corrected chi connectivity index (χ1v) is 9.85. The van der Waals surface area contributed by atoms with Crippen molar-refractivity contribution in [3.05, 3.63) is 91.9 Å². The Morgan fingerprint density at radius 1 is 1.20 bits per heavy atom. The van der Waals surface area contributed by atoms with Gasteiger partial charge in [0.05, 0.1) is 16.5 Å². The molecule has 0 radical (unpaired) electrons. The monoisotopic (exact) mass is 441 g/mol. The molecule has 4 rings (SSSR count). The van der Waals surface area contributed by atoms with E-state index in [0.717, 1.165) is 16.2 Å². The highest BCUT2D eigenvalue weighted by atomic mass is 35.5. The number of rotatable bonds is 4. The summed E-state index contributed by atoms with van der Waals surface area (Å²) in [4.78, 5) is 41.7. The second-order valence-corrected chi connectivity index (χ2v) is 7.65. The van der Waals surface area contributed by atoms with Gasteiger partial charge >= 0.3 is 5.91 Å². The van der Waals surface area contributed by atoms with Gasteiger partial charge in [-0.2, -0.15) is 0 Å². The number of amides is 1. The Balaban J connectivity index is 1.95. The molecule has 1 aromatic heterocycles. The maximum atomic E-state index is 12.9. The lowest BCUT2D eigenvalue weighted by atomic mass is 9.95. The van der Waals surface area contributed by atoms with Crippen molar-refractivity contribution >= 4 is 51.2 Å². The molecule has 150 valence electrons. The van der Waals surface area contributed by atoms with Crippen molar-refractivity contribution < 1.29 is 19.6 Å². The number of non-ortho nitro benzene ring substituents is 1. The summed E-state index contributed by atoms with van der Waals surface area (Å²) in [7, 11) is 0. The van der Waals surface area contributed by atoms with E-state index in [-0.39, 0.29) is 22.0 Å². The van der Waals surface area contributed by atoms with E-state index in [0.29, 0.717) is 10.6 Å². The molecule has 2 aromatic carbocycles. The van der Waals surface area contributed by atoms with E-state index in [4.69, 9.17) is 11.6 Å². The molecule has 1 amide bonds. The third-order valence-corrected chi connectivity index (χ3v) is 5.61. The summed E-state index contributed by atoms with van der Waals surface area (Å²) >= 11 is 7.03. The SMILES string of the molecule is O=C1C(=O)N(c2nccs2)[C@H](c2cccc([N+](=O)[O-])c2)C1=C(O)c1ccc(Cl)cc1. The molecule has 0 bridgehead atoms. The summed E-state index contributed by atoms with van der Waals surface area (Å²) in [6.45, 7) is 0. The van der Waals surface area contributed by atoms with E-state index >= 15 is 0 Å². The smallest absolute Gasteiger partial charge is 0.301 e. The van der Waals surface area contributed by atoms with Crippen LogP contribution in [0.1, 0.15) is 17.2 Å². The molecule has 2 heterocycles. The van der Waals surface area contributed by atoms with Crippen LogP contribution in [0.2, 0.25) is 5.02 Å². The molecule has 10 heteroatoms. The molecule has 30 heavy (non-hydrogen) atoms. The molecule has 1 aliphatic heterocycles. The number of ketones is 1. The number of nitro groups is 1. The van der Waals surface area contributed by atoms with Gasteiger partial charge in [-0.25, -0.2) is 4.98 Å². The summed E-state index contributed by atoms with van der Waals surface area (Å²) in [5.41, 5.74) is 0.197. The molecule has 8 nitrogen and oxygen atoms in total. The lowest BCUT2D eigenvalue weighted by Crippen LogP contribution is -2.29. The first-order valence-electron chi connectivity index (χ1n) is 8.59. The molecular weight excluding hydrogens is 430 g/mol. The van der Waals surface area contributed by atoms with Gasteiger partial charge in [0.25, 0.3) is 11.5 Å². The van der Waals surface area contributed by atoms with Gasteiger partial charge in [0.15, 0.2) is 5.13 Å². The summed E-state index contributed by atoms with van der Waals surface area (Å²) in [5.74, 6) is -2.19. The van der Waals surface area contributed by atoms with Crippen LogP contribution >= 0.6 is 22.9 Å². The minimum Gasteiger partial charge on any atom is -0.507 e. The van der Waals surface area contributed by atoms with Crippen molar-refractivity contribution in [1.29, 1.82) is 0 Å². The highest BCUT2D eigenvalue weighted by Gasteiger charge is 2.48. The molecule has 0 aliphatic carbocycles. The molecule has 1 aliphatic rings. The second-order valence-electron chi connectivity index (χ2n) is 6.34. The average Bonchev–Trinajstić information content (AvgIpc) is 3.35. The van der Waals surface area contributed by atoms with E-state index in [1.54, 1.807) is 11.4 Å². The maximum absolute atomic E-state index is 12.9. The number of aliphatic hydroxyl groups is 1. The van der Waals surface area contributed by atoms with E-state index in [9.17, 15) is 24.8 Å². The van der Waals surface area contributed by atoms with Crippen LogP contribution in [0.5, 0.6) is 0 Å². The Kier molecular flexibility index (Phi) is 5.06. The Bertz CT molecular complexity index is 1190. The number of aromatic nitrogens is 1. The van der Waals surface area contributed by atoms with Crippen molar-refractivity contribution in [2.24, 2.45) is 0 Å². The molecule has 0 saturated carbocycles. The topological polar surface area (TPSA) is 114 Å². The van der Waals surface area contributed by atoms with Crippen molar-refractivity contribution in [1.82, 2.24) is 4.98 Å². The Morgan fingerprint density at radius 2 is 1.93 bits per heavy atom. The van der Waals surface area contributed by atoms with Crippen molar-refractivity contribution in [3.63, 3.8) is 0 Å². The standard InChI is InChI=1S/C20H12ClN3O5S/c21-13-6-4-11(5-7-13)17(25)15-16(12-2-1-3-14(10-12)24(28)29)23(19(27)18(15)26)20-22-8-9-30-20/h1-10,16,25H/t16-/m1/s1. The second kappa shape index (κ2) is 7.69. The maximum Gasteiger partial charge on any atom is 0.301 e. The fourth-order valence-electron chi connectivity index (χ4n) is 3.25. The number of thiazole rings is 1. The molecule has 1 atom stereocenters. The number of Topliss-reactive ketones (excluding diaryl/α,β-unsaturated/α-hetero) is 1. The number of aliphatic hydroxyl groups excluding tert-OH is 1. The van der Waals surface area contributed by atoms with Gasteiger partial charge in [-0.3, -0.25) is 24.6 Å². The van der Waals surface area contributed by atoms with Crippen LogP contribution in [-0.2, 0) is 9.59 Å². The van der Waals surface area contributed by atoms with Crippen molar-refractivity contribution in [3.8, 4) is 0 Å². The molecule has 1 fully saturated rings. The fraction of sp³-hybridized carbons (Fsp3) is 0.0500. The van der Waals surface area contributed by atoms with E-state index in [1.165, 1.54) is 48.7 Å². The summed E-state index contributed by atoms with van der Waals surface area (Å²) < 4.78 is 0. The minimum atomic E-state index is -1.08. The van der Waals surface area contributed by atoms with Gasteiger partial charge in [0, 0.05) is 34.3 Å². The fourth-order valence-corrected chi connectivity index (χ4v) is 4.04. The van der Waals surface area contributed by atoms with Crippen molar-refractivity contribution in [2.45, 2.75) is 6.04 Å². The largest absolute Gasteiger partial charge is 0.507 e. The number of halogens is 1. The Labute approximate surface area is 178 Å². The molecule has 0 spiro atoms. The lowest BCUT2D eigenvalue weighted by molar-refractivity contribution is -0.384. The lowest BCUT2D eigenvalue weighted by Gasteiger charge is -2.22. The Morgan fingerprint density at radius 3 is 2.57 bits per heavy atom. The van der Waals surface area contributed by atoms with Gasteiger partial charge in [0.1, 0.15) is 5.76 Å². The van der Waals surface area contributed by atoms with Gasteiger partial charge in [-0.15, -0.1) is 11.3 Å². The molecule has 1 N–H and O–H groups in total. The van der Waals surface area contributed by atoms with E-state index in [1.807, 2.05) is 0 Å². The van der Waals surface area contributed by atoms with Gasteiger partial charge in [-0.05, 0) is 29.8 Å². The third-order valence-electron chi connectivity index (χ3n) is 4.58. The number of benzene rings is 2. The van der Waals surface area contributed by atoms with Gasteiger partial charge in [0.2, 0.25) is 0 Å². The minimum absolute atomic E-state index is 0.182. The van der Waals surface area contributed by atoms with E-state index < -0.39 is 28.4 Å². The number of anilines is 1. The highest BCUT2D eigenvalue weighted by molar-refractivity contribution is 7.14. The molecule has 1 saturated heterocycles. The zero-order valence-electron chi connectivity index (χ0n) is 15.1. The summed E-state index contributed by atoms with van der Waals surface area (Å²) in [6, 6.07) is 10.6. The first kappa shape index (κ1) is 19.7. The van der Waals surface area contributed by atoms with Crippen LogP contribution in [0.25, 0.3) is 5.76 Å². The van der Waals surface area contributed by atoms with Crippen LogP contribution in [0, 0.1) is 10.1 Å².